The summed E-state index contributed by atoms with van der Waals surface area (Å²) in [5, 5.41) is 2.16. The Hall–Kier alpha value is -1.70. The number of thiophene rings is 1. The lowest BCUT2D eigenvalue weighted by molar-refractivity contribution is 0.204. The molecule has 0 aliphatic carbocycles. The van der Waals surface area contributed by atoms with Crippen LogP contribution in [-0.4, -0.2) is 40.9 Å². The first kappa shape index (κ1) is 18.3. The quantitative estimate of drug-likeness (QED) is 0.635. The molecule has 2 aliphatic rings. The van der Waals surface area contributed by atoms with Crippen LogP contribution in [0.15, 0.2) is 41.8 Å². The number of hydrogen-bond donors (Lipinski definition) is 0. The molecular formula is C21H25N3O2S2. The number of likely N-dealkylation sites (tertiary alicyclic amines) is 1. The van der Waals surface area contributed by atoms with E-state index in [-0.39, 0.29) is 5.92 Å². The van der Waals surface area contributed by atoms with Gasteiger partial charge < -0.3 is 4.57 Å². The SMILES string of the molecule is O=S1(=O)CC[C@H](Cc2nc3ccccc3n2CN2CCC[C@@H]2c2cccs2)C1. The molecule has 2 saturated heterocycles. The van der Waals surface area contributed by atoms with Gasteiger partial charge in [0.25, 0.3) is 0 Å². The summed E-state index contributed by atoms with van der Waals surface area (Å²) in [5.74, 6) is 1.84. The van der Waals surface area contributed by atoms with Crippen LogP contribution in [0.2, 0.25) is 0 Å². The highest BCUT2D eigenvalue weighted by atomic mass is 32.2. The van der Waals surface area contributed by atoms with Crippen LogP contribution in [0.3, 0.4) is 0 Å². The molecule has 2 aromatic heterocycles. The third kappa shape index (κ3) is 3.51. The molecule has 0 unspecified atom stereocenters. The third-order valence-corrected chi connectivity index (χ3v) is 8.90. The number of fused-ring (bicyclic) bond motifs is 1. The Labute approximate surface area is 169 Å². The van der Waals surface area contributed by atoms with Gasteiger partial charge in [-0.2, -0.15) is 0 Å². The highest BCUT2D eigenvalue weighted by Gasteiger charge is 2.31. The first-order chi connectivity index (χ1) is 13.6. The van der Waals surface area contributed by atoms with E-state index in [1.165, 1.54) is 17.7 Å². The van der Waals surface area contributed by atoms with Crippen LogP contribution in [0, 0.1) is 5.92 Å². The Balaban J connectivity index is 1.46. The van der Waals surface area contributed by atoms with E-state index < -0.39 is 9.84 Å². The number of hydrogen-bond acceptors (Lipinski definition) is 5. The standard InChI is InChI=1S/C21H25N3O2S2/c25-28(26)12-9-16(14-28)13-21-22-17-5-1-2-6-18(17)24(21)15-23-10-3-7-19(23)20-8-4-11-27-20/h1-2,4-6,8,11,16,19H,3,7,9-10,12-15H2/t16-,19-/m1/s1. The van der Waals surface area contributed by atoms with Crippen molar-refractivity contribution < 1.29 is 8.42 Å². The van der Waals surface area contributed by atoms with Crippen LogP contribution in [0.4, 0.5) is 0 Å². The van der Waals surface area contributed by atoms with Gasteiger partial charge in [0.2, 0.25) is 0 Å². The molecular weight excluding hydrogens is 390 g/mol. The van der Waals surface area contributed by atoms with Crippen molar-refractivity contribution in [3.63, 3.8) is 0 Å². The highest BCUT2D eigenvalue weighted by Crippen LogP contribution is 2.35. The summed E-state index contributed by atoms with van der Waals surface area (Å²) in [5.41, 5.74) is 2.15. The van der Waals surface area contributed by atoms with Crippen LogP contribution < -0.4 is 0 Å². The topological polar surface area (TPSA) is 55.2 Å². The van der Waals surface area contributed by atoms with Gasteiger partial charge in [0.05, 0.1) is 29.2 Å². The Morgan fingerprint density at radius 3 is 2.82 bits per heavy atom. The average molecular weight is 416 g/mol. The van der Waals surface area contributed by atoms with Gasteiger partial charge in [0, 0.05) is 23.9 Å². The van der Waals surface area contributed by atoms with Crippen molar-refractivity contribution in [3.05, 3.63) is 52.5 Å². The van der Waals surface area contributed by atoms with Crippen LogP contribution in [0.25, 0.3) is 11.0 Å². The fraction of sp³-hybridized carbons (Fsp3) is 0.476. The second kappa shape index (κ2) is 7.28. The Kier molecular flexibility index (Phi) is 4.77. The predicted octanol–water partition coefficient (Wildman–Crippen LogP) is 3.87. The van der Waals surface area contributed by atoms with Crippen molar-refractivity contribution in [2.45, 2.75) is 38.4 Å². The minimum absolute atomic E-state index is 0.187. The summed E-state index contributed by atoms with van der Waals surface area (Å²) < 4.78 is 26.1. The smallest absolute Gasteiger partial charge is 0.150 e. The number of rotatable bonds is 5. The molecule has 0 radical (unpaired) electrons. The largest absolute Gasteiger partial charge is 0.314 e. The molecule has 2 atom stereocenters. The van der Waals surface area contributed by atoms with Crippen LogP contribution in [0.5, 0.6) is 0 Å². The van der Waals surface area contributed by atoms with E-state index in [1.54, 1.807) is 0 Å². The zero-order chi connectivity index (χ0) is 19.1. The van der Waals surface area contributed by atoms with E-state index in [4.69, 9.17) is 4.98 Å². The fourth-order valence-corrected chi connectivity index (χ4v) is 7.47. The van der Waals surface area contributed by atoms with Crippen molar-refractivity contribution in [2.24, 2.45) is 5.92 Å². The molecule has 2 fully saturated rings. The van der Waals surface area contributed by atoms with Crippen molar-refractivity contribution >= 4 is 32.2 Å². The van der Waals surface area contributed by atoms with Crippen molar-refractivity contribution in [2.75, 3.05) is 18.1 Å². The van der Waals surface area contributed by atoms with E-state index >= 15 is 0 Å². The van der Waals surface area contributed by atoms with E-state index in [2.05, 4.69) is 45.2 Å². The summed E-state index contributed by atoms with van der Waals surface area (Å²) in [7, 11) is -2.87. The lowest BCUT2D eigenvalue weighted by Crippen LogP contribution is -2.27. The van der Waals surface area contributed by atoms with E-state index in [9.17, 15) is 8.42 Å². The molecule has 2 aliphatic heterocycles. The maximum atomic E-state index is 11.9. The van der Waals surface area contributed by atoms with Gasteiger partial charge in [0.1, 0.15) is 5.82 Å². The molecule has 5 rings (SSSR count). The Morgan fingerprint density at radius 1 is 1.14 bits per heavy atom. The second-order valence-corrected chi connectivity index (χ2v) is 11.3. The number of sulfone groups is 1. The normalized spacial score (nSPS) is 25.0. The maximum absolute atomic E-state index is 11.9. The molecule has 0 spiro atoms. The van der Waals surface area contributed by atoms with Gasteiger partial charge in [-0.3, -0.25) is 4.90 Å². The van der Waals surface area contributed by atoms with Crippen molar-refractivity contribution in [3.8, 4) is 0 Å². The van der Waals surface area contributed by atoms with Gasteiger partial charge in [-0.15, -0.1) is 11.3 Å². The average Bonchev–Trinajstić information content (AvgIpc) is 3.44. The maximum Gasteiger partial charge on any atom is 0.150 e. The zero-order valence-corrected chi connectivity index (χ0v) is 17.5. The molecule has 0 N–H and O–H groups in total. The molecule has 0 amide bonds. The molecule has 148 valence electrons. The van der Waals surface area contributed by atoms with Gasteiger partial charge in [-0.25, -0.2) is 13.4 Å². The molecule has 1 aromatic carbocycles. The van der Waals surface area contributed by atoms with Crippen molar-refractivity contribution in [1.82, 2.24) is 14.5 Å². The summed E-state index contributed by atoms with van der Waals surface area (Å²) in [6.45, 7) is 1.91. The highest BCUT2D eigenvalue weighted by molar-refractivity contribution is 7.91. The van der Waals surface area contributed by atoms with Gasteiger partial charge in [-0.05, 0) is 48.8 Å². The number of benzene rings is 1. The lowest BCUT2D eigenvalue weighted by atomic mass is 10.1. The van der Waals surface area contributed by atoms with Crippen LogP contribution in [0.1, 0.15) is 36.0 Å². The summed E-state index contributed by atoms with van der Waals surface area (Å²) in [6, 6.07) is 13.1. The first-order valence-corrected chi connectivity index (χ1v) is 12.7. The molecule has 0 saturated carbocycles. The monoisotopic (exact) mass is 415 g/mol. The fourth-order valence-electron chi connectivity index (χ4n) is 4.71. The van der Waals surface area contributed by atoms with Crippen LogP contribution in [-0.2, 0) is 22.9 Å². The minimum Gasteiger partial charge on any atom is -0.314 e. The summed E-state index contributed by atoms with van der Waals surface area (Å²) in [6.07, 6.45) is 3.91. The lowest BCUT2D eigenvalue weighted by Gasteiger charge is -2.25. The van der Waals surface area contributed by atoms with Gasteiger partial charge in [0.15, 0.2) is 9.84 Å². The number of aromatic nitrogens is 2. The summed E-state index contributed by atoms with van der Waals surface area (Å²) >= 11 is 1.84. The number of nitrogens with zero attached hydrogens (tertiary/aromatic N) is 3. The van der Waals surface area contributed by atoms with Crippen molar-refractivity contribution in [1.29, 1.82) is 0 Å². The second-order valence-electron chi connectivity index (χ2n) is 8.05. The molecule has 28 heavy (non-hydrogen) atoms. The van der Waals surface area contributed by atoms with E-state index in [0.717, 1.165) is 42.9 Å². The molecule has 5 nitrogen and oxygen atoms in total. The zero-order valence-electron chi connectivity index (χ0n) is 15.8. The first-order valence-electron chi connectivity index (χ1n) is 10.0. The molecule has 0 bridgehead atoms. The Morgan fingerprint density at radius 2 is 2.04 bits per heavy atom. The minimum atomic E-state index is -2.87. The van der Waals surface area contributed by atoms with E-state index in [0.29, 0.717) is 17.5 Å². The number of para-hydroxylation sites is 2. The van der Waals surface area contributed by atoms with Crippen LogP contribution >= 0.6 is 11.3 Å². The summed E-state index contributed by atoms with van der Waals surface area (Å²) in [4.78, 5) is 8.88. The van der Waals surface area contributed by atoms with E-state index in [1.807, 2.05) is 17.4 Å². The molecule has 7 heteroatoms. The van der Waals surface area contributed by atoms with Gasteiger partial charge >= 0.3 is 0 Å². The van der Waals surface area contributed by atoms with Gasteiger partial charge in [-0.1, -0.05) is 18.2 Å². The third-order valence-electron chi connectivity index (χ3n) is 6.09. The number of imidazole rings is 1. The predicted molar refractivity (Wildman–Crippen MR) is 113 cm³/mol. The molecule has 4 heterocycles. The molecule has 3 aromatic rings. The Bertz CT molecular complexity index is 1070.